The summed E-state index contributed by atoms with van der Waals surface area (Å²) in [6.07, 6.45) is 4.49. The summed E-state index contributed by atoms with van der Waals surface area (Å²) in [6, 6.07) is 0. The van der Waals surface area contributed by atoms with E-state index >= 15 is 0 Å². The van der Waals surface area contributed by atoms with Crippen LogP contribution >= 0.6 is 0 Å². The summed E-state index contributed by atoms with van der Waals surface area (Å²) in [5, 5.41) is 3.31. The smallest absolute Gasteiger partial charge is 0.154 e. The average Bonchev–Trinajstić information content (AvgIpc) is 2.13. The van der Waals surface area contributed by atoms with Crippen LogP contribution < -0.4 is 5.32 Å². The Bertz CT molecular complexity index is 460. The molecule has 0 aliphatic heterocycles. The van der Waals surface area contributed by atoms with Crippen LogP contribution in [-0.2, 0) is 22.1 Å². The molecule has 6 heteroatoms. The lowest BCUT2D eigenvalue weighted by atomic mass is 10.1. The first-order valence-corrected chi connectivity index (χ1v) is 7.44. The number of hydrogen-bond acceptors (Lipinski definition) is 5. The van der Waals surface area contributed by atoms with E-state index in [0.717, 1.165) is 5.56 Å². The number of nitrogens with zero attached hydrogens (tertiary/aromatic N) is 2. The van der Waals surface area contributed by atoms with Crippen molar-refractivity contribution in [1.29, 1.82) is 0 Å². The van der Waals surface area contributed by atoms with Crippen LogP contribution in [0.3, 0.4) is 0 Å². The van der Waals surface area contributed by atoms with Crippen LogP contribution in [0.4, 0.5) is 0 Å². The molecule has 0 amide bonds. The number of hydrogen-bond donors (Lipinski definition) is 1. The van der Waals surface area contributed by atoms with E-state index in [1.165, 1.54) is 6.26 Å². The summed E-state index contributed by atoms with van der Waals surface area (Å²) in [6.45, 7) is 6.90. The van der Waals surface area contributed by atoms with E-state index in [9.17, 15) is 8.42 Å². The molecule has 0 atom stereocenters. The third kappa shape index (κ3) is 6.33. The topological polar surface area (TPSA) is 72.0 Å². The summed E-state index contributed by atoms with van der Waals surface area (Å²) in [7, 11) is -3.07. The van der Waals surface area contributed by atoms with Crippen molar-refractivity contribution in [2.75, 3.05) is 6.26 Å². The molecule has 0 aliphatic rings. The second-order valence-electron chi connectivity index (χ2n) is 5.18. The molecule has 1 aromatic heterocycles. The van der Waals surface area contributed by atoms with Gasteiger partial charge in [-0.2, -0.15) is 0 Å². The number of nitrogens with one attached hydrogen (secondary N) is 1. The minimum atomic E-state index is -3.07. The van der Waals surface area contributed by atoms with Gasteiger partial charge in [-0.25, -0.2) is 18.4 Å². The lowest BCUT2D eigenvalue weighted by Crippen LogP contribution is -2.35. The highest BCUT2D eigenvalue weighted by molar-refractivity contribution is 7.89. The van der Waals surface area contributed by atoms with E-state index in [1.807, 2.05) is 0 Å². The van der Waals surface area contributed by atoms with Crippen LogP contribution in [0.1, 0.15) is 32.2 Å². The largest absolute Gasteiger partial charge is 0.308 e. The zero-order chi connectivity index (χ0) is 13.1. The Balaban J connectivity index is 2.63. The fourth-order valence-corrected chi connectivity index (χ4v) is 1.77. The fraction of sp³-hybridized carbons (Fsp3) is 0.636. The molecule has 1 heterocycles. The van der Waals surface area contributed by atoms with E-state index in [4.69, 9.17) is 0 Å². The molecule has 5 nitrogen and oxygen atoms in total. The highest BCUT2D eigenvalue weighted by atomic mass is 32.2. The van der Waals surface area contributed by atoms with Gasteiger partial charge in [0.15, 0.2) is 9.84 Å². The van der Waals surface area contributed by atoms with Crippen molar-refractivity contribution in [3.63, 3.8) is 0 Å². The normalized spacial score (nSPS) is 12.7. The standard InChI is InChI=1S/C11H19N3O2S/c1-11(2,3)14-7-9-5-12-10(13-6-9)8-17(4,15)16/h5-6,14H,7-8H2,1-4H3. The molecule has 0 saturated carbocycles. The number of rotatable bonds is 4. The first-order chi connectivity index (χ1) is 7.66. The number of aromatic nitrogens is 2. The van der Waals surface area contributed by atoms with Gasteiger partial charge in [-0.05, 0) is 20.8 Å². The Kier molecular flexibility index (Phi) is 4.21. The van der Waals surface area contributed by atoms with E-state index in [0.29, 0.717) is 12.4 Å². The van der Waals surface area contributed by atoms with Crippen LogP contribution in [0.2, 0.25) is 0 Å². The SMILES string of the molecule is CC(C)(C)NCc1cnc(CS(C)(=O)=O)nc1. The third-order valence-electron chi connectivity index (χ3n) is 1.97. The van der Waals surface area contributed by atoms with Gasteiger partial charge in [0, 0.05) is 36.3 Å². The summed E-state index contributed by atoms with van der Waals surface area (Å²) >= 11 is 0. The van der Waals surface area contributed by atoms with Crippen molar-refractivity contribution >= 4 is 9.84 Å². The Labute approximate surface area is 103 Å². The van der Waals surface area contributed by atoms with Gasteiger partial charge in [-0.1, -0.05) is 0 Å². The van der Waals surface area contributed by atoms with Gasteiger partial charge in [0.05, 0.1) is 0 Å². The van der Waals surface area contributed by atoms with Crippen molar-refractivity contribution in [3.8, 4) is 0 Å². The summed E-state index contributed by atoms with van der Waals surface area (Å²) in [4.78, 5) is 8.07. The highest BCUT2D eigenvalue weighted by Crippen LogP contribution is 2.04. The van der Waals surface area contributed by atoms with Gasteiger partial charge in [-0.15, -0.1) is 0 Å². The molecular weight excluding hydrogens is 238 g/mol. The van der Waals surface area contributed by atoms with Crippen molar-refractivity contribution in [2.24, 2.45) is 0 Å². The summed E-state index contributed by atoms with van der Waals surface area (Å²) in [5.74, 6) is 0.229. The molecule has 1 rings (SSSR count). The second kappa shape index (κ2) is 5.10. The monoisotopic (exact) mass is 257 g/mol. The van der Waals surface area contributed by atoms with Crippen molar-refractivity contribution in [1.82, 2.24) is 15.3 Å². The Morgan fingerprint density at radius 3 is 2.18 bits per heavy atom. The maximum Gasteiger partial charge on any atom is 0.154 e. The van der Waals surface area contributed by atoms with E-state index in [-0.39, 0.29) is 11.3 Å². The van der Waals surface area contributed by atoms with Crippen LogP contribution in [0, 0.1) is 0 Å². The average molecular weight is 257 g/mol. The van der Waals surface area contributed by atoms with Crippen molar-refractivity contribution < 1.29 is 8.42 Å². The van der Waals surface area contributed by atoms with Gasteiger partial charge in [-0.3, -0.25) is 0 Å². The predicted octanol–water partition coefficient (Wildman–Crippen LogP) is 0.909. The van der Waals surface area contributed by atoms with Crippen LogP contribution in [0.15, 0.2) is 12.4 Å². The molecule has 96 valence electrons. The maximum absolute atomic E-state index is 11.1. The molecule has 0 saturated heterocycles. The van der Waals surface area contributed by atoms with Gasteiger partial charge < -0.3 is 5.32 Å². The predicted molar refractivity (Wildman–Crippen MR) is 67.2 cm³/mol. The van der Waals surface area contributed by atoms with E-state index in [2.05, 4.69) is 36.1 Å². The molecule has 0 unspecified atom stereocenters. The maximum atomic E-state index is 11.1. The zero-order valence-electron chi connectivity index (χ0n) is 10.7. The first kappa shape index (κ1) is 14.1. The van der Waals surface area contributed by atoms with Gasteiger partial charge in [0.1, 0.15) is 11.6 Å². The first-order valence-electron chi connectivity index (χ1n) is 5.38. The van der Waals surface area contributed by atoms with E-state index in [1.54, 1.807) is 12.4 Å². The Hall–Kier alpha value is -1.01. The van der Waals surface area contributed by atoms with Gasteiger partial charge in [0.25, 0.3) is 0 Å². The van der Waals surface area contributed by atoms with Crippen LogP contribution in [0.5, 0.6) is 0 Å². The van der Waals surface area contributed by atoms with Crippen molar-refractivity contribution in [3.05, 3.63) is 23.8 Å². The quantitative estimate of drug-likeness (QED) is 0.868. The highest BCUT2D eigenvalue weighted by Gasteiger charge is 2.10. The summed E-state index contributed by atoms with van der Waals surface area (Å²) in [5.41, 5.74) is 0.975. The third-order valence-corrected chi connectivity index (χ3v) is 2.76. The molecule has 0 radical (unpaired) electrons. The summed E-state index contributed by atoms with van der Waals surface area (Å²) < 4.78 is 22.1. The van der Waals surface area contributed by atoms with Crippen LogP contribution in [0.25, 0.3) is 0 Å². The minimum Gasteiger partial charge on any atom is -0.308 e. The lowest BCUT2D eigenvalue weighted by molar-refractivity contribution is 0.423. The molecule has 17 heavy (non-hydrogen) atoms. The molecular formula is C11H19N3O2S. The molecule has 1 aromatic rings. The lowest BCUT2D eigenvalue weighted by Gasteiger charge is -2.20. The van der Waals surface area contributed by atoms with E-state index < -0.39 is 9.84 Å². The molecule has 0 spiro atoms. The molecule has 1 N–H and O–H groups in total. The molecule has 0 aromatic carbocycles. The van der Waals surface area contributed by atoms with Crippen molar-refractivity contribution in [2.45, 2.75) is 38.6 Å². The second-order valence-corrected chi connectivity index (χ2v) is 7.32. The molecule has 0 aliphatic carbocycles. The number of sulfone groups is 1. The van der Waals surface area contributed by atoms with Crippen LogP contribution in [-0.4, -0.2) is 30.2 Å². The fourth-order valence-electron chi connectivity index (χ4n) is 1.15. The molecule has 0 fully saturated rings. The van der Waals surface area contributed by atoms with Gasteiger partial charge in [0.2, 0.25) is 0 Å². The zero-order valence-corrected chi connectivity index (χ0v) is 11.5. The minimum absolute atomic E-state index is 0.0332. The Morgan fingerprint density at radius 1 is 1.24 bits per heavy atom. The Morgan fingerprint density at radius 2 is 1.76 bits per heavy atom. The van der Waals surface area contributed by atoms with Gasteiger partial charge >= 0.3 is 0 Å². The molecule has 0 bridgehead atoms.